The van der Waals surface area contributed by atoms with Crippen LogP contribution in [0.2, 0.25) is 16.6 Å². The quantitative estimate of drug-likeness (QED) is 0.316. The molecular weight excluding hydrogens is 378 g/mol. The number of aliphatic hydroxyl groups is 1. The lowest BCUT2D eigenvalue weighted by Crippen LogP contribution is -2.53. The fraction of sp³-hybridized carbons (Fsp3) is 0.708. The second-order valence-corrected chi connectivity index (χ2v) is 14.9. The first-order valence-corrected chi connectivity index (χ1v) is 13.1. The average molecular weight is 422 g/mol. The third kappa shape index (κ3) is 5.93. The number of aryl methyl sites for hydroxylation is 1. The maximum Gasteiger partial charge on any atom is 0.200 e. The van der Waals surface area contributed by atoms with Crippen LogP contribution in [0.25, 0.3) is 6.08 Å². The highest BCUT2D eigenvalue weighted by Crippen LogP contribution is 2.45. The molecule has 5 heteroatoms. The van der Waals surface area contributed by atoms with E-state index in [4.69, 9.17) is 8.84 Å². The Morgan fingerprint density at radius 3 is 2.00 bits per heavy atom. The number of aliphatic hydroxyl groups excluding tert-OH is 1. The van der Waals surface area contributed by atoms with Crippen LogP contribution in [0.4, 0.5) is 0 Å². The maximum atomic E-state index is 11.2. The van der Waals surface area contributed by atoms with Gasteiger partial charge in [-0.3, -0.25) is 0 Å². The minimum atomic E-state index is -2.09. The molecule has 4 nitrogen and oxygen atoms in total. The zero-order valence-corrected chi connectivity index (χ0v) is 21.2. The van der Waals surface area contributed by atoms with Crippen molar-refractivity contribution in [2.24, 2.45) is 11.8 Å². The van der Waals surface area contributed by atoms with Gasteiger partial charge in [0.2, 0.25) is 8.32 Å². The first-order valence-electron chi connectivity index (χ1n) is 11.0. The van der Waals surface area contributed by atoms with Crippen LogP contribution in [0.3, 0.4) is 0 Å². The van der Waals surface area contributed by atoms with Crippen LogP contribution in [0.1, 0.15) is 73.9 Å². The molecule has 0 aliphatic carbocycles. The summed E-state index contributed by atoms with van der Waals surface area (Å²) in [5.41, 5.74) is 3.06. The normalized spacial score (nSPS) is 17.7. The number of aromatic nitrogens is 1. The van der Waals surface area contributed by atoms with Crippen molar-refractivity contribution >= 4 is 14.4 Å². The summed E-state index contributed by atoms with van der Waals surface area (Å²) < 4.78 is 12.4. The van der Waals surface area contributed by atoms with E-state index < -0.39 is 14.4 Å². The van der Waals surface area contributed by atoms with Gasteiger partial charge in [0.25, 0.3) is 0 Å². The molecule has 0 spiro atoms. The van der Waals surface area contributed by atoms with Gasteiger partial charge in [-0.15, -0.1) is 6.58 Å². The van der Waals surface area contributed by atoms with E-state index in [1.54, 1.807) is 6.26 Å². The van der Waals surface area contributed by atoms with E-state index in [1.807, 2.05) is 26.0 Å². The van der Waals surface area contributed by atoms with E-state index in [0.717, 1.165) is 11.3 Å². The molecule has 0 amide bonds. The molecule has 1 heterocycles. The molecule has 166 valence electrons. The Balaban J connectivity index is 3.25. The minimum absolute atomic E-state index is 0.0737. The van der Waals surface area contributed by atoms with Gasteiger partial charge in [0, 0.05) is 12.8 Å². The zero-order chi connectivity index (χ0) is 22.5. The highest BCUT2D eigenvalue weighted by Gasteiger charge is 2.48. The zero-order valence-electron chi connectivity index (χ0n) is 20.2. The molecule has 0 radical (unpaired) electrons. The van der Waals surface area contributed by atoms with Gasteiger partial charge >= 0.3 is 0 Å². The summed E-state index contributed by atoms with van der Waals surface area (Å²) in [4.78, 5) is 4.32. The molecule has 0 aromatic carbocycles. The van der Waals surface area contributed by atoms with Gasteiger partial charge in [0.1, 0.15) is 12.0 Å². The molecule has 0 aliphatic rings. The van der Waals surface area contributed by atoms with E-state index in [2.05, 4.69) is 67.0 Å². The van der Waals surface area contributed by atoms with E-state index >= 15 is 0 Å². The van der Waals surface area contributed by atoms with Crippen LogP contribution >= 0.6 is 0 Å². The van der Waals surface area contributed by atoms with Gasteiger partial charge < -0.3 is 13.9 Å². The Bertz CT molecular complexity index is 656. The third-order valence-corrected chi connectivity index (χ3v) is 12.5. The molecule has 0 aliphatic heterocycles. The lowest BCUT2D eigenvalue weighted by atomic mass is 9.86. The van der Waals surface area contributed by atoms with Crippen molar-refractivity contribution in [1.29, 1.82) is 0 Å². The molecule has 0 unspecified atom stereocenters. The molecular formula is C24H43NO3Si. The summed E-state index contributed by atoms with van der Waals surface area (Å²) in [6, 6.07) is 0. The standard InChI is InChI=1S/C24H43NO3Si/c1-12-18(8)24(28-29(15(2)3,16(4)5)17(6)7)20(10)23(26)19(9)13-22-14-27-21(11)25-22/h12-18,20,23-24,26H,1H2,2-11H3/b19-13+/t18-,20-,23-,24-/m0/s1. The molecule has 4 atom stereocenters. The summed E-state index contributed by atoms with van der Waals surface area (Å²) in [7, 11) is -2.09. The van der Waals surface area contributed by atoms with Crippen molar-refractivity contribution < 1.29 is 13.9 Å². The van der Waals surface area contributed by atoms with Crippen molar-refractivity contribution in [1.82, 2.24) is 4.98 Å². The Morgan fingerprint density at radius 2 is 1.62 bits per heavy atom. The minimum Gasteiger partial charge on any atom is -0.449 e. The van der Waals surface area contributed by atoms with Crippen LogP contribution in [-0.4, -0.2) is 30.6 Å². The fourth-order valence-electron chi connectivity index (χ4n) is 4.83. The summed E-state index contributed by atoms with van der Waals surface area (Å²) in [6.45, 7) is 25.8. The Hall–Kier alpha value is -1.17. The SMILES string of the molecule is C=C[C@H](C)[C@H](O[Si](C(C)C)(C(C)C)C(C)C)[C@@H](C)[C@@H](O)/C(C)=C/c1coc(C)n1. The molecule has 1 aromatic rings. The summed E-state index contributed by atoms with van der Waals surface area (Å²) in [6.07, 6.45) is 4.74. The number of nitrogens with zero attached hydrogens (tertiary/aromatic N) is 1. The van der Waals surface area contributed by atoms with Crippen LogP contribution in [0.5, 0.6) is 0 Å². The van der Waals surface area contributed by atoms with Crippen molar-refractivity contribution in [3.8, 4) is 0 Å². The van der Waals surface area contributed by atoms with Gasteiger partial charge in [0.05, 0.1) is 12.2 Å². The van der Waals surface area contributed by atoms with Crippen molar-refractivity contribution in [3.05, 3.63) is 36.1 Å². The van der Waals surface area contributed by atoms with E-state index in [1.165, 1.54) is 0 Å². The Kier molecular flexibility index (Phi) is 9.57. The second kappa shape index (κ2) is 10.7. The maximum absolute atomic E-state index is 11.2. The van der Waals surface area contributed by atoms with Crippen LogP contribution < -0.4 is 0 Å². The van der Waals surface area contributed by atoms with Gasteiger partial charge in [-0.2, -0.15) is 0 Å². The predicted molar refractivity (Wildman–Crippen MR) is 125 cm³/mol. The molecule has 29 heavy (non-hydrogen) atoms. The van der Waals surface area contributed by atoms with E-state index in [0.29, 0.717) is 22.5 Å². The average Bonchev–Trinajstić information content (AvgIpc) is 3.04. The molecule has 0 fully saturated rings. The lowest BCUT2D eigenvalue weighted by molar-refractivity contribution is 0.0250. The first kappa shape index (κ1) is 25.9. The first-order chi connectivity index (χ1) is 13.4. The van der Waals surface area contributed by atoms with Crippen LogP contribution in [0.15, 0.2) is 28.9 Å². The molecule has 0 bridgehead atoms. The largest absolute Gasteiger partial charge is 0.449 e. The number of hydrogen-bond donors (Lipinski definition) is 1. The van der Waals surface area contributed by atoms with E-state index in [-0.39, 0.29) is 17.9 Å². The number of oxazole rings is 1. The van der Waals surface area contributed by atoms with Gasteiger partial charge in [-0.05, 0) is 41.1 Å². The predicted octanol–water partition coefficient (Wildman–Crippen LogP) is 6.77. The molecule has 1 N–H and O–H groups in total. The van der Waals surface area contributed by atoms with Gasteiger partial charge in [-0.1, -0.05) is 61.5 Å². The molecule has 0 saturated heterocycles. The monoisotopic (exact) mass is 421 g/mol. The highest BCUT2D eigenvalue weighted by molar-refractivity contribution is 6.77. The molecule has 0 saturated carbocycles. The molecule has 1 rings (SSSR count). The smallest absolute Gasteiger partial charge is 0.200 e. The lowest BCUT2D eigenvalue weighted by Gasteiger charge is -2.47. The summed E-state index contributed by atoms with van der Waals surface area (Å²) in [5.74, 6) is 0.690. The third-order valence-electron chi connectivity index (χ3n) is 6.43. The Morgan fingerprint density at radius 1 is 1.10 bits per heavy atom. The topological polar surface area (TPSA) is 55.5 Å². The van der Waals surface area contributed by atoms with E-state index in [9.17, 15) is 5.11 Å². The number of hydrogen-bond acceptors (Lipinski definition) is 4. The summed E-state index contributed by atoms with van der Waals surface area (Å²) in [5, 5.41) is 11.2. The highest BCUT2D eigenvalue weighted by atomic mass is 28.4. The Labute approximate surface area is 179 Å². The summed E-state index contributed by atoms with van der Waals surface area (Å²) >= 11 is 0. The fourth-order valence-corrected chi connectivity index (χ4v) is 10.5. The van der Waals surface area contributed by atoms with Crippen molar-refractivity contribution in [2.45, 2.75) is 98.1 Å². The van der Waals surface area contributed by atoms with Crippen LogP contribution in [0, 0.1) is 18.8 Å². The van der Waals surface area contributed by atoms with Gasteiger partial charge in [-0.25, -0.2) is 4.98 Å². The van der Waals surface area contributed by atoms with Gasteiger partial charge in [0.15, 0.2) is 5.89 Å². The number of rotatable bonds is 11. The van der Waals surface area contributed by atoms with Crippen molar-refractivity contribution in [2.75, 3.05) is 0 Å². The second-order valence-electron chi connectivity index (χ2n) is 9.48. The molecule has 1 aromatic heterocycles. The van der Waals surface area contributed by atoms with Crippen molar-refractivity contribution in [3.63, 3.8) is 0 Å². The van der Waals surface area contributed by atoms with Crippen LogP contribution in [-0.2, 0) is 4.43 Å².